The van der Waals surface area contributed by atoms with Crippen molar-refractivity contribution in [3.05, 3.63) is 47.9 Å². The molecule has 0 spiro atoms. The molecule has 0 aliphatic carbocycles. The number of hydrogen-bond donors (Lipinski definition) is 1. The highest BCUT2D eigenvalue weighted by atomic mass is 32.2. The second-order valence-electron chi connectivity index (χ2n) is 7.71. The number of nitrogens with zero attached hydrogens (tertiary/aromatic N) is 2. The van der Waals surface area contributed by atoms with Crippen LogP contribution in [-0.2, 0) is 29.6 Å². The molecule has 174 valence electrons. The Balaban J connectivity index is 1.59. The Bertz CT molecular complexity index is 1190. The normalized spacial score (nSPS) is 20.5. The summed E-state index contributed by atoms with van der Waals surface area (Å²) in [7, 11) is -7.80. The van der Waals surface area contributed by atoms with Crippen LogP contribution >= 0.6 is 0 Å². The molecule has 0 bridgehead atoms. The van der Waals surface area contributed by atoms with Crippen molar-refractivity contribution in [3.63, 3.8) is 0 Å². The summed E-state index contributed by atoms with van der Waals surface area (Å²) in [4.78, 5) is 14.1. The van der Waals surface area contributed by atoms with Gasteiger partial charge < -0.3 is 9.15 Å². The van der Waals surface area contributed by atoms with Gasteiger partial charge in [0.05, 0.1) is 41.9 Å². The molecule has 2 aromatic rings. The number of furan rings is 1. The monoisotopic (exact) mass is 483 g/mol. The maximum Gasteiger partial charge on any atom is 0.242 e. The Hall–Kier alpha value is -2.25. The number of carbonyl (C=O) groups is 1. The summed E-state index contributed by atoms with van der Waals surface area (Å²) in [5.74, 6) is -0.228. The summed E-state index contributed by atoms with van der Waals surface area (Å²) >= 11 is 0. The molecule has 4 rings (SSSR count). The van der Waals surface area contributed by atoms with Crippen molar-refractivity contribution in [1.29, 1.82) is 0 Å². The summed E-state index contributed by atoms with van der Waals surface area (Å²) in [6.07, 6.45) is 1.42. The number of aryl methyl sites for hydroxylation is 1. The van der Waals surface area contributed by atoms with Gasteiger partial charge in [-0.25, -0.2) is 25.9 Å². The van der Waals surface area contributed by atoms with Crippen LogP contribution in [0.4, 0.5) is 5.69 Å². The van der Waals surface area contributed by atoms with Crippen molar-refractivity contribution < 1.29 is 30.8 Å². The molecular weight excluding hydrogens is 458 g/mol. The predicted octanol–water partition coefficient (Wildman–Crippen LogP) is 1.01. The molecule has 2 aliphatic heterocycles. The van der Waals surface area contributed by atoms with E-state index in [1.165, 1.54) is 18.2 Å². The van der Waals surface area contributed by atoms with Crippen molar-refractivity contribution in [3.8, 4) is 0 Å². The van der Waals surface area contributed by atoms with Gasteiger partial charge in [-0.15, -0.1) is 0 Å². The second kappa shape index (κ2) is 8.94. The van der Waals surface area contributed by atoms with Gasteiger partial charge in [0.15, 0.2) is 0 Å². The molecule has 10 nitrogen and oxygen atoms in total. The third-order valence-corrected chi connectivity index (χ3v) is 8.86. The lowest BCUT2D eigenvalue weighted by Gasteiger charge is -2.33. The number of anilines is 1. The van der Waals surface area contributed by atoms with Crippen LogP contribution in [0.2, 0.25) is 0 Å². The fraction of sp³-hybridized carbons (Fsp3) is 0.450. The third kappa shape index (κ3) is 4.59. The molecule has 2 saturated heterocycles. The fourth-order valence-corrected chi connectivity index (χ4v) is 6.67. The lowest BCUT2D eigenvalue weighted by molar-refractivity contribution is -0.116. The van der Waals surface area contributed by atoms with Crippen molar-refractivity contribution >= 4 is 31.6 Å². The number of amides is 1. The number of morpholine rings is 1. The number of hydrogen-bond acceptors (Lipinski definition) is 8. The van der Waals surface area contributed by atoms with E-state index in [0.717, 1.165) is 0 Å². The molecule has 1 atom stereocenters. The lowest BCUT2D eigenvalue weighted by Crippen LogP contribution is -2.43. The molecule has 0 radical (unpaired) electrons. The molecule has 1 N–H and O–H groups in total. The Labute approximate surface area is 187 Å². The van der Waals surface area contributed by atoms with Crippen LogP contribution in [0.3, 0.4) is 0 Å². The summed E-state index contributed by atoms with van der Waals surface area (Å²) < 4.78 is 65.1. The highest BCUT2D eigenvalue weighted by Gasteiger charge is 2.37. The number of nitrogens with one attached hydrogen (secondary N) is 1. The zero-order valence-electron chi connectivity index (χ0n) is 17.6. The Morgan fingerprint density at radius 2 is 1.94 bits per heavy atom. The van der Waals surface area contributed by atoms with Gasteiger partial charge in [-0.3, -0.25) is 9.69 Å². The summed E-state index contributed by atoms with van der Waals surface area (Å²) in [6, 6.07) is 7.39. The number of benzene rings is 1. The summed E-state index contributed by atoms with van der Waals surface area (Å²) in [5, 5.41) is 0. The molecule has 0 saturated carbocycles. The van der Waals surface area contributed by atoms with Gasteiger partial charge in [0.2, 0.25) is 26.0 Å². The minimum Gasteiger partial charge on any atom is -0.468 e. The van der Waals surface area contributed by atoms with Crippen LogP contribution < -0.4 is 9.03 Å². The molecule has 12 heteroatoms. The third-order valence-electron chi connectivity index (χ3n) is 5.60. The maximum atomic E-state index is 13.2. The number of sulfonamides is 2. The van der Waals surface area contributed by atoms with Crippen LogP contribution in [0.25, 0.3) is 0 Å². The zero-order valence-corrected chi connectivity index (χ0v) is 19.2. The predicted molar refractivity (Wildman–Crippen MR) is 116 cm³/mol. The van der Waals surface area contributed by atoms with Gasteiger partial charge in [-0.05, 0) is 36.8 Å². The van der Waals surface area contributed by atoms with Crippen LogP contribution in [-0.4, -0.2) is 66.2 Å². The van der Waals surface area contributed by atoms with Gasteiger partial charge in [0.25, 0.3) is 0 Å². The van der Waals surface area contributed by atoms with E-state index < -0.39 is 26.0 Å². The van der Waals surface area contributed by atoms with Crippen molar-refractivity contribution in [2.24, 2.45) is 0 Å². The average molecular weight is 484 g/mol. The number of carbonyl (C=O) groups excluding carboxylic acids is 1. The average Bonchev–Trinajstić information content (AvgIpc) is 3.37. The molecular formula is C20H25N3O7S2. The van der Waals surface area contributed by atoms with Gasteiger partial charge >= 0.3 is 0 Å². The summed E-state index contributed by atoms with van der Waals surface area (Å²) in [6.45, 7) is 4.03. The fourth-order valence-electron chi connectivity index (χ4n) is 3.92. The first-order chi connectivity index (χ1) is 15.2. The highest BCUT2D eigenvalue weighted by Crippen LogP contribution is 2.29. The van der Waals surface area contributed by atoms with Crippen LogP contribution in [0, 0.1) is 6.92 Å². The molecule has 1 unspecified atom stereocenters. The van der Waals surface area contributed by atoms with Crippen LogP contribution in [0.5, 0.6) is 0 Å². The zero-order chi connectivity index (χ0) is 22.9. The topological polar surface area (TPSA) is 126 Å². The van der Waals surface area contributed by atoms with Crippen LogP contribution in [0.1, 0.15) is 23.8 Å². The minimum absolute atomic E-state index is 0.0224. The molecule has 1 aromatic carbocycles. The Morgan fingerprint density at radius 3 is 2.56 bits per heavy atom. The van der Waals surface area contributed by atoms with E-state index in [9.17, 15) is 21.6 Å². The molecule has 2 fully saturated rings. The van der Waals surface area contributed by atoms with Gasteiger partial charge in [0, 0.05) is 26.1 Å². The molecule has 2 aliphatic rings. The first-order valence-corrected chi connectivity index (χ1v) is 13.3. The standard InChI is InChI=1S/C20H25N3O7S2/c1-15-4-5-16(23-20(24)6-12-31(23,25)26)13-19(15)32(27,28)21-14-17(18-3-2-9-30-18)22-7-10-29-11-8-22/h2-5,9,13,17,21H,6-8,10-12,14H2,1H3. The highest BCUT2D eigenvalue weighted by molar-refractivity contribution is 7.94. The van der Waals surface area contributed by atoms with Crippen molar-refractivity contribution in [1.82, 2.24) is 9.62 Å². The number of rotatable bonds is 7. The summed E-state index contributed by atoms with van der Waals surface area (Å²) in [5.41, 5.74) is 0.459. The lowest BCUT2D eigenvalue weighted by atomic mass is 10.2. The van der Waals surface area contributed by atoms with Crippen LogP contribution in [0.15, 0.2) is 45.9 Å². The molecule has 3 heterocycles. The quantitative estimate of drug-likeness (QED) is 0.618. The molecule has 1 aromatic heterocycles. The van der Waals surface area contributed by atoms with E-state index in [1.54, 1.807) is 25.3 Å². The van der Waals surface area contributed by atoms with Gasteiger partial charge in [0.1, 0.15) is 5.76 Å². The number of ether oxygens (including phenoxy) is 1. The van der Waals surface area contributed by atoms with E-state index in [0.29, 0.717) is 41.9 Å². The minimum atomic E-state index is -4.00. The van der Waals surface area contributed by atoms with Crippen molar-refractivity contribution in [2.75, 3.05) is 42.9 Å². The Morgan fingerprint density at radius 1 is 1.19 bits per heavy atom. The van der Waals surface area contributed by atoms with Gasteiger partial charge in [-0.2, -0.15) is 0 Å². The van der Waals surface area contributed by atoms with Gasteiger partial charge in [-0.1, -0.05) is 6.07 Å². The first-order valence-electron chi connectivity index (χ1n) is 10.2. The molecule has 32 heavy (non-hydrogen) atoms. The first kappa shape index (κ1) is 22.9. The SMILES string of the molecule is Cc1ccc(N2C(=O)CCS2(=O)=O)cc1S(=O)(=O)NCC(c1ccco1)N1CCOCC1. The van der Waals surface area contributed by atoms with E-state index in [-0.39, 0.29) is 35.3 Å². The van der Waals surface area contributed by atoms with Crippen molar-refractivity contribution in [2.45, 2.75) is 24.3 Å². The van der Waals surface area contributed by atoms with E-state index in [2.05, 4.69) is 9.62 Å². The largest absolute Gasteiger partial charge is 0.468 e. The maximum absolute atomic E-state index is 13.2. The van der Waals surface area contributed by atoms with E-state index in [4.69, 9.17) is 9.15 Å². The second-order valence-corrected chi connectivity index (χ2v) is 11.4. The van der Waals surface area contributed by atoms with E-state index >= 15 is 0 Å². The Kier molecular flexibility index (Phi) is 6.41. The smallest absolute Gasteiger partial charge is 0.242 e. The van der Waals surface area contributed by atoms with E-state index in [1.807, 2.05) is 0 Å². The molecule has 1 amide bonds.